The molecule has 2 aromatic carbocycles. The Bertz CT molecular complexity index is 1230. The molecule has 0 fully saturated rings. The maximum absolute atomic E-state index is 13.0. The van der Waals surface area contributed by atoms with Crippen LogP contribution in [-0.2, 0) is 16.0 Å². The Balaban J connectivity index is 1.75. The minimum atomic E-state index is -0.414. The van der Waals surface area contributed by atoms with Gasteiger partial charge >= 0.3 is 12.1 Å². The highest BCUT2D eigenvalue weighted by Gasteiger charge is 2.25. The Morgan fingerprint density at radius 3 is 2.46 bits per heavy atom. The molecule has 1 aliphatic rings. The fourth-order valence-corrected chi connectivity index (χ4v) is 4.41. The molecule has 3 aromatic rings. The van der Waals surface area contributed by atoms with Crippen LogP contribution >= 0.6 is 0 Å². The maximum atomic E-state index is 13.0. The van der Waals surface area contributed by atoms with E-state index in [1.807, 2.05) is 36.4 Å². The highest BCUT2D eigenvalue weighted by atomic mass is 16.6. The summed E-state index contributed by atoms with van der Waals surface area (Å²) in [5.74, 6) is 1.22. The van der Waals surface area contributed by atoms with Crippen molar-refractivity contribution >= 4 is 28.5 Å². The third-order valence-electron chi connectivity index (χ3n) is 6.17. The van der Waals surface area contributed by atoms with E-state index >= 15 is 0 Å². The standard InChI is InChI=1S/C27H30N2O6/c1-32-22-14-13-19-20-15-17-29(27(31)35-18-10-6-4-7-11-18)16-9-5-8-12-21(26(30)34-3)23(20)28-24(19)25(22)33-2/h4,6-7,10-14,28H,5,8-9,15-17H2,1-3H3/b21-12+. The van der Waals surface area contributed by atoms with Gasteiger partial charge in [-0.3, -0.25) is 0 Å². The number of rotatable bonds is 4. The molecule has 0 saturated heterocycles. The summed E-state index contributed by atoms with van der Waals surface area (Å²) >= 11 is 0. The van der Waals surface area contributed by atoms with Crippen LogP contribution in [0.5, 0.6) is 17.2 Å². The van der Waals surface area contributed by atoms with Gasteiger partial charge in [-0.25, -0.2) is 9.59 Å². The van der Waals surface area contributed by atoms with Crippen molar-refractivity contribution in [3.05, 3.63) is 59.8 Å². The second-order valence-corrected chi connectivity index (χ2v) is 8.23. The molecule has 8 heteroatoms. The lowest BCUT2D eigenvalue weighted by atomic mass is 10.0. The lowest BCUT2D eigenvalue weighted by Gasteiger charge is -2.22. The molecule has 0 unspecified atom stereocenters. The smallest absolute Gasteiger partial charge is 0.415 e. The molecule has 4 rings (SSSR count). The molecule has 0 spiro atoms. The predicted octanol–water partition coefficient (Wildman–Crippen LogP) is 4.97. The van der Waals surface area contributed by atoms with Crippen molar-refractivity contribution in [3.8, 4) is 17.2 Å². The molecule has 8 nitrogen and oxygen atoms in total. The summed E-state index contributed by atoms with van der Waals surface area (Å²) in [6, 6.07) is 12.8. The van der Waals surface area contributed by atoms with E-state index in [1.54, 1.807) is 31.3 Å². The van der Waals surface area contributed by atoms with Crippen molar-refractivity contribution in [2.45, 2.75) is 25.7 Å². The Morgan fingerprint density at radius 2 is 1.74 bits per heavy atom. The lowest BCUT2D eigenvalue weighted by molar-refractivity contribution is -0.133. The molecule has 1 amide bonds. The molecule has 0 saturated carbocycles. The summed E-state index contributed by atoms with van der Waals surface area (Å²) < 4.78 is 21.8. The lowest BCUT2D eigenvalue weighted by Crippen LogP contribution is -2.36. The SMILES string of the molecule is COC(=O)/C1=C/CCCCN(C(=O)Oc2ccccc2)CCc2c1[nH]c1c(OC)c(OC)ccc21. The zero-order chi connectivity index (χ0) is 24.8. The van der Waals surface area contributed by atoms with Gasteiger partial charge in [-0.1, -0.05) is 24.3 Å². The van der Waals surface area contributed by atoms with Gasteiger partial charge in [0, 0.05) is 18.5 Å². The summed E-state index contributed by atoms with van der Waals surface area (Å²) in [6.45, 7) is 0.982. The number of allylic oxidation sites excluding steroid dienone is 1. The monoisotopic (exact) mass is 478 g/mol. The van der Waals surface area contributed by atoms with Crippen molar-refractivity contribution in [2.24, 2.45) is 0 Å². The summed E-state index contributed by atoms with van der Waals surface area (Å²) in [7, 11) is 4.53. The van der Waals surface area contributed by atoms with Gasteiger partial charge in [0.15, 0.2) is 11.5 Å². The number of amides is 1. The first-order valence-electron chi connectivity index (χ1n) is 11.6. The van der Waals surface area contributed by atoms with E-state index in [0.29, 0.717) is 54.4 Å². The zero-order valence-corrected chi connectivity index (χ0v) is 20.3. The Labute approximate surface area is 204 Å². The van der Waals surface area contributed by atoms with Crippen LogP contribution in [0, 0.1) is 0 Å². The molecule has 0 atom stereocenters. The number of methoxy groups -OCH3 is 3. The van der Waals surface area contributed by atoms with E-state index in [4.69, 9.17) is 18.9 Å². The summed E-state index contributed by atoms with van der Waals surface area (Å²) in [4.78, 5) is 30.9. The highest BCUT2D eigenvalue weighted by Crippen LogP contribution is 2.39. The van der Waals surface area contributed by atoms with E-state index in [9.17, 15) is 9.59 Å². The van der Waals surface area contributed by atoms with E-state index in [1.165, 1.54) is 7.11 Å². The van der Waals surface area contributed by atoms with Crippen molar-refractivity contribution in [2.75, 3.05) is 34.4 Å². The molecule has 0 aliphatic carbocycles. The van der Waals surface area contributed by atoms with E-state index in [2.05, 4.69) is 4.98 Å². The molecule has 0 bridgehead atoms. The number of esters is 1. The number of hydrogen-bond donors (Lipinski definition) is 1. The molecule has 0 radical (unpaired) electrons. The number of hydrogen-bond acceptors (Lipinski definition) is 6. The number of carbonyl (C=O) groups excluding carboxylic acids is 2. The molecule has 1 N–H and O–H groups in total. The predicted molar refractivity (Wildman–Crippen MR) is 133 cm³/mol. The quantitative estimate of drug-likeness (QED) is 0.533. The number of ether oxygens (including phenoxy) is 4. The highest BCUT2D eigenvalue weighted by molar-refractivity contribution is 6.17. The van der Waals surface area contributed by atoms with Gasteiger partial charge in [0.1, 0.15) is 5.75 Å². The fraction of sp³-hybridized carbons (Fsp3) is 0.333. The molecule has 2 heterocycles. The number of nitrogens with one attached hydrogen (secondary N) is 1. The number of benzene rings is 2. The molecule has 184 valence electrons. The Hall–Kier alpha value is -3.94. The minimum Gasteiger partial charge on any atom is -0.493 e. The van der Waals surface area contributed by atoms with Gasteiger partial charge in [-0.05, 0) is 55.5 Å². The first kappa shape index (κ1) is 24.2. The first-order valence-corrected chi connectivity index (χ1v) is 11.6. The maximum Gasteiger partial charge on any atom is 0.415 e. The number of aromatic amines is 1. The number of para-hydroxylation sites is 1. The van der Waals surface area contributed by atoms with Crippen LogP contribution in [0.25, 0.3) is 16.5 Å². The Kier molecular flexibility index (Phi) is 7.60. The molecule has 1 aromatic heterocycles. The van der Waals surface area contributed by atoms with E-state index in [-0.39, 0.29) is 0 Å². The minimum absolute atomic E-state index is 0.391. The number of fused-ring (bicyclic) bond motifs is 3. The average molecular weight is 479 g/mol. The van der Waals surface area contributed by atoms with Crippen LogP contribution in [0.1, 0.15) is 30.5 Å². The van der Waals surface area contributed by atoms with Gasteiger partial charge < -0.3 is 28.8 Å². The van der Waals surface area contributed by atoms with Crippen LogP contribution in [-0.4, -0.2) is 56.4 Å². The normalized spacial score (nSPS) is 15.9. The third kappa shape index (κ3) is 5.11. The van der Waals surface area contributed by atoms with Crippen LogP contribution < -0.4 is 14.2 Å². The van der Waals surface area contributed by atoms with E-state index in [0.717, 1.165) is 29.3 Å². The summed E-state index contributed by atoms with van der Waals surface area (Å²) in [5, 5.41) is 0.892. The summed E-state index contributed by atoms with van der Waals surface area (Å²) in [6.07, 6.45) is 4.28. The Morgan fingerprint density at radius 1 is 0.943 bits per heavy atom. The van der Waals surface area contributed by atoms with Crippen LogP contribution in [0.2, 0.25) is 0 Å². The van der Waals surface area contributed by atoms with Crippen molar-refractivity contribution in [3.63, 3.8) is 0 Å². The zero-order valence-electron chi connectivity index (χ0n) is 20.3. The van der Waals surface area contributed by atoms with Gasteiger partial charge in [-0.15, -0.1) is 0 Å². The molecular formula is C27H30N2O6. The largest absolute Gasteiger partial charge is 0.493 e. The number of nitrogens with zero attached hydrogens (tertiary/aromatic N) is 1. The first-order chi connectivity index (χ1) is 17.1. The van der Waals surface area contributed by atoms with Gasteiger partial charge in [0.05, 0.1) is 38.1 Å². The van der Waals surface area contributed by atoms with Gasteiger partial charge in [0.2, 0.25) is 0 Å². The molecule has 35 heavy (non-hydrogen) atoms. The van der Waals surface area contributed by atoms with Crippen molar-refractivity contribution in [1.82, 2.24) is 9.88 Å². The van der Waals surface area contributed by atoms with Crippen molar-refractivity contribution < 1.29 is 28.5 Å². The van der Waals surface area contributed by atoms with Crippen molar-refractivity contribution in [1.29, 1.82) is 0 Å². The summed E-state index contributed by atoms with van der Waals surface area (Å²) in [5.41, 5.74) is 2.76. The second-order valence-electron chi connectivity index (χ2n) is 8.23. The van der Waals surface area contributed by atoms with Crippen LogP contribution in [0.4, 0.5) is 4.79 Å². The topological polar surface area (TPSA) is 90.1 Å². The van der Waals surface area contributed by atoms with Crippen LogP contribution in [0.15, 0.2) is 48.5 Å². The third-order valence-corrected chi connectivity index (χ3v) is 6.17. The fourth-order valence-electron chi connectivity index (χ4n) is 4.41. The number of aromatic nitrogens is 1. The van der Waals surface area contributed by atoms with Gasteiger partial charge in [-0.2, -0.15) is 0 Å². The van der Waals surface area contributed by atoms with Crippen LogP contribution in [0.3, 0.4) is 0 Å². The molecule has 1 aliphatic heterocycles. The van der Waals surface area contributed by atoms with E-state index < -0.39 is 12.1 Å². The molecular weight excluding hydrogens is 448 g/mol. The number of H-pyrrole nitrogens is 1. The average Bonchev–Trinajstić information content (AvgIpc) is 3.23. The number of carbonyl (C=O) groups is 2. The van der Waals surface area contributed by atoms with Gasteiger partial charge in [0.25, 0.3) is 0 Å². The second kappa shape index (κ2) is 11.0.